The summed E-state index contributed by atoms with van der Waals surface area (Å²) in [7, 11) is 0. The number of rotatable bonds is 1. The predicted octanol–water partition coefficient (Wildman–Crippen LogP) is 5.29. The van der Waals surface area contributed by atoms with Gasteiger partial charge in [0.15, 0.2) is 0 Å². The maximum absolute atomic E-state index is 11.5. The van der Waals surface area contributed by atoms with Crippen molar-refractivity contribution >= 4 is 51.5 Å². The van der Waals surface area contributed by atoms with Crippen molar-refractivity contribution < 1.29 is 4.57 Å². The molecule has 0 radical (unpaired) electrons. The Balaban J connectivity index is 2.94. The van der Waals surface area contributed by atoms with E-state index in [9.17, 15) is 4.57 Å². The Morgan fingerprint density at radius 2 is 1.92 bits per heavy atom. The van der Waals surface area contributed by atoms with Crippen molar-refractivity contribution in [2.45, 2.75) is 31.3 Å². The lowest BCUT2D eigenvalue weighted by atomic mass is 9.96. The van der Waals surface area contributed by atoms with Gasteiger partial charge in [-0.3, -0.25) is 4.57 Å². The summed E-state index contributed by atoms with van der Waals surface area (Å²) in [4.78, 5) is 0. The Kier molecular flexibility index (Phi) is 4.47. The molecule has 1 unspecified atom stereocenters. The van der Waals surface area contributed by atoms with Gasteiger partial charge < -0.3 is 0 Å². The van der Waals surface area contributed by atoms with E-state index in [1.807, 2.05) is 0 Å². The summed E-state index contributed by atoms with van der Waals surface area (Å²) in [5, 5.41) is 0. The monoisotopic (exact) mass is 280 g/mol. The van der Waals surface area contributed by atoms with E-state index < -0.39 is 5.85 Å². The summed E-state index contributed by atoms with van der Waals surface area (Å²) < 4.78 is 11.6. The van der Waals surface area contributed by atoms with Gasteiger partial charge in [-0.25, -0.2) is 0 Å². The Bertz CT molecular complexity index is 266. The Hall–Kier alpha value is 1.13. The minimum Gasteiger partial charge on any atom is -0.289 e. The number of halogens is 4. The molecule has 1 saturated carbocycles. The molecule has 1 aliphatic carbocycles. The van der Waals surface area contributed by atoms with E-state index in [0.29, 0.717) is 6.42 Å². The molecule has 0 N–H and O–H groups in total. The fraction of sp³-hybridized carbons (Fsp3) is 0.714. The van der Waals surface area contributed by atoms with Crippen LogP contribution in [0.2, 0.25) is 0 Å². The van der Waals surface area contributed by atoms with Crippen LogP contribution in [0.1, 0.15) is 25.7 Å². The van der Waals surface area contributed by atoms with Crippen molar-refractivity contribution in [3.63, 3.8) is 0 Å². The molecule has 13 heavy (non-hydrogen) atoms. The maximum atomic E-state index is 11.5. The fourth-order valence-corrected chi connectivity index (χ4v) is 4.55. The molecule has 0 spiro atoms. The summed E-state index contributed by atoms with van der Waals surface area (Å²) in [5.74, 6) is -3.13. The first kappa shape index (κ1) is 12.2. The third-order valence-electron chi connectivity index (χ3n) is 2.18. The zero-order valence-corrected chi connectivity index (χ0v) is 10.7. The van der Waals surface area contributed by atoms with Crippen molar-refractivity contribution in [1.82, 2.24) is 0 Å². The molecule has 0 heterocycles. The third kappa shape index (κ3) is 3.32. The lowest BCUT2D eigenvalue weighted by Gasteiger charge is -2.25. The van der Waals surface area contributed by atoms with Gasteiger partial charge in [-0.05, 0) is 47.3 Å². The molecule has 1 nitrogen and oxygen atoms in total. The van der Waals surface area contributed by atoms with Crippen LogP contribution < -0.4 is 0 Å². The van der Waals surface area contributed by atoms with Crippen molar-refractivity contribution in [1.29, 1.82) is 0 Å². The van der Waals surface area contributed by atoms with E-state index in [4.69, 9.17) is 45.7 Å². The van der Waals surface area contributed by atoms with Crippen molar-refractivity contribution in [3.8, 4) is 0 Å². The molecule has 0 amide bonds. The molecule has 1 fully saturated rings. The first-order valence-corrected chi connectivity index (χ1v) is 8.30. The van der Waals surface area contributed by atoms with Crippen LogP contribution in [0.4, 0.5) is 0 Å². The summed E-state index contributed by atoms with van der Waals surface area (Å²) >= 11 is 22.6. The first-order valence-electron chi connectivity index (χ1n) is 3.96. The highest BCUT2D eigenvalue weighted by Gasteiger charge is 2.34. The molecule has 76 valence electrons. The van der Waals surface area contributed by atoms with Gasteiger partial charge in [0.2, 0.25) is 0 Å². The second-order valence-electron chi connectivity index (χ2n) is 3.05. The molecule has 1 rings (SSSR count). The normalized spacial score (nSPS) is 24.6. The molecule has 1 aliphatic rings. The topological polar surface area (TPSA) is 17.1 Å². The molecule has 0 aromatic carbocycles. The van der Waals surface area contributed by atoms with Gasteiger partial charge in [0.1, 0.15) is 4.49 Å². The quantitative estimate of drug-likeness (QED) is 0.597. The van der Waals surface area contributed by atoms with Crippen molar-refractivity contribution in [3.05, 3.63) is 10.1 Å². The predicted molar refractivity (Wildman–Crippen MR) is 60.3 cm³/mol. The lowest BCUT2D eigenvalue weighted by Crippen LogP contribution is -2.13. The van der Waals surface area contributed by atoms with E-state index in [-0.39, 0.29) is 10.2 Å². The van der Waals surface area contributed by atoms with E-state index in [0.717, 1.165) is 24.8 Å². The molecule has 6 heteroatoms. The summed E-state index contributed by atoms with van der Waals surface area (Å²) in [6.07, 6.45) is 3.43. The van der Waals surface area contributed by atoms with E-state index in [2.05, 4.69) is 0 Å². The fourth-order valence-electron chi connectivity index (χ4n) is 1.55. The highest BCUT2D eigenvalue weighted by atomic mass is 35.9. The number of hydrogen-bond donors (Lipinski definition) is 0. The Morgan fingerprint density at radius 3 is 2.31 bits per heavy atom. The molecular weight excluding hydrogens is 273 g/mol. The zero-order chi connectivity index (χ0) is 10.1. The number of allylic oxidation sites excluding steroid dienone is 1. The molecule has 0 aliphatic heterocycles. The van der Waals surface area contributed by atoms with Crippen LogP contribution in [0.15, 0.2) is 10.1 Å². The highest BCUT2D eigenvalue weighted by Crippen LogP contribution is 2.66. The molecular formula is C7H9Cl4OP. The van der Waals surface area contributed by atoms with Gasteiger partial charge in [-0.2, -0.15) is 0 Å². The minimum atomic E-state index is -3.13. The van der Waals surface area contributed by atoms with Gasteiger partial charge in [0, 0.05) is 0 Å². The van der Waals surface area contributed by atoms with Gasteiger partial charge in [-0.15, -0.1) is 0 Å². The minimum absolute atomic E-state index is 0.172. The number of hydrogen-bond acceptors (Lipinski definition) is 1. The van der Waals surface area contributed by atoms with Crippen molar-refractivity contribution in [2.75, 3.05) is 0 Å². The summed E-state index contributed by atoms with van der Waals surface area (Å²) in [6.45, 7) is 0. The first-order chi connectivity index (χ1) is 5.93. The molecule has 0 bridgehead atoms. The third-order valence-corrected chi connectivity index (χ3v) is 5.38. The van der Waals surface area contributed by atoms with Crippen molar-refractivity contribution in [2.24, 2.45) is 0 Å². The zero-order valence-electron chi connectivity index (χ0n) is 6.77. The second kappa shape index (κ2) is 4.77. The van der Waals surface area contributed by atoms with Gasteiger partial charge in [0.05, 0.1) is 5.66 Å². The van der Waals surface area contributed by atoms with Gasteiger partial charge in [-0.1, -0.05) is 29.6 Å². The van der Waals surface area contributed by atoms with Crippen LogP contribution in [0.25, 0.3) is 0 Å². The van der Waals surface area contributed by atoms with E-state index in [1.54, 1.807) is 0 Å². The Labute approximate surface area is 97.3 Å². The molecule has 0 aromatic rings. The maximum Gasteiger partial charge on any atom is 0.260 e. The van der Waals surface area contributed by atoms with E-state index in [1.165, 1.54) is 0 Å². The van der Waals surface area contributed by atoms with Crippen LogP contribution in [0, 0.1) is 0 Å². The van der Waals surface area contributed by atoms with Crippen LogP contribution in [-0.4, -0.2) is 5.66 Å². The smallest absolute Gasteiger partial charge is 0.260 e. The SMILES string of the molecule is O=P(Cl)(Cl)C1CCCCC1=C(Cl)Cl. The largest absolute Gasteiger partial charge is 0.289 e. The van der Waals surface area contributed by atoms with Crippen LogP contribution in [-0.2, 0) is 4.57 Å². The average Bonchev–Trinajstić information content (AvgIpc) is 2.03. The molecule has 1 atom stereocenters. The second-order valence-corrected chi connectivity index (χ2v) is 9.16. The van der Waals surface area contributed by atoms with Gasteiger partial charge >= 0.3 is 0 Å². The van der Waals surface area contributed by atoms with Crippen LogP contribution in [0.3, 0.4) is 0 Å². The average molecular weight is 282 g/mol. The van der Waals surface area contributed by atoms with E-state index >= 15 is 0 Å². The lowest BCUT2D eigenvalue weighted by molar-refractivity contribution is 0.558. The summed E-state index contributed by atoms with van der Waals surface area (Å²) in [6, 6.07) is 0. The summed E-state index contributed by atoms with van der Waals surface area (Å²) in [5.41, 5.74) is 0.414. The van der Waals surface area contributed by atoms with Gasteiger partial charge in [0.25, 0.3) is 5.85 Å². The van der Waals surface area contributed by atoms with Crippen LogP contribution >= 0.6 is 51.5 Å². The molecule has 0 saturated heterocycles. The molecule has 0 aromatic heterocycles. The standard InChI is InChI=1S/C7H9Cl4OP/c8-7(9)5-3-1-2-4-6(5)13(10,11)12/h6H,1-4H2. The Morgan fingerprint density at radius 1 is 1.31 bits per heavy atom. The highest BCUT2D eigenvalue weighted by molar-refractivity contribution is 8.09. The van der Waals surface area contributed by atoms with Crippen LogP contribution in [0.5, 0.6) is 0 Å².